The number of carbonyl (C=O) groups is 2. The predicted molar refractivity (Wildman–Crippen MR) is 247 cm³/mol. The summed E-state index contributed by atoms with van der Waals surface area (Å²) in [6, 6.07) is 0. The van der Waals surface area contributed by atoms with Crippen LogP contribution in [0.3, 0.4) is 0 Å². The molecule has 10 heteroatoms. The minimum atomic E-state index is -1.61. The highest BCUT2D eigenvalue weighted by Gasteiger charge is 2.44. The molecule has 0 aliphatic carbocycles. The SMILES string of the molecule is CC/C=C\C/C=C\C/C=C\C/C=C\C/C=C\CCCC(=O)OC(COC(=O)CCCCCCCC/C=C\C/C=C\C/C=C\CCCCC)COC1OC(CO)C(O)C(O)C1O. The number of rotatable bonds is 37. The lowest BCUT2D eigenvalue weighted by Crippen LogP contribution is -2.59. The Hall–Kier alpha value is -3.38. The Kier molecular flexibility index (Phi) is 37.1. The molecule has 0 aromatic rings. The van der Waals surface area contributed by atoms with Crippen molar-refractivity contribution in [3.63, 3.8) is 0 Å². The predicted octanol–water partition coefficient (Wildman–Crippen LogP) is 10.3. The quantitative estimate of drug-likeness (QED) is 0.0270. The lowest BCUT2D eigenvalue weighted by molar-refractivity contribution is -0.305. The van der Waals surface area contributed by atoms with Crippen molar-refractivity contribution >= 4 is 11.9 Å². The summed E-state index contributed by atoms with van der Waals surface area (Å²) in [5, 5.41) is 40.1. The molecule has 1 rings (SSSR count). The fourth-order valence-corrected chi connectivity index (χ4v) is 6.29. The van der Waals surface area contributed by atoms with Crippen molar-refractivity contribution in [1.82, 2.24) is 0 Å². The number of esters is 2. The highest BCUT2D eigenvalue weighted by Crippen LogP contribution is 2.22. The van der Waals surface area contributed by atoms with Gasteiger partial charge in [-0.15, -0.1) is 0 Å². The normalized spacial score (nSPS) is 20.7. The molecule has 1 aliphatic heterocycles. The standard InChI is InChI=1S/C51H82O10/c1-3-5-7-9-11-13-15-17-19-21-22-24-25-27-29-31-33-35-37-39-46(53)58-42-44(43-59-51-50(57)49(56)48(55)45(41-52)61-51)60-47(54)40-38-36-34-32-30-28-26-23-20-18-16-14-12-10-8-6-4-2/h6,8,11-14,17-20,22,24,26,28,32,34,44-45,48-52,55-57H,3-5,7,9-10,15-16,21,23,25,27,29-31,33,35-43H2,1-2H3/b8-6-,13-11-,14-12-,19-17-,20-18-,24-22-,28-26-,34-32-. The number of hydrogen-bond donors (Lipinski definition) is 4. The molecule has 346 valence electrons. The van der Waals surface area contributed by atoms with E-state index in [0.29, 0.717) is 19.3 Å². The summed E-state index contributed by atoms with van der Waals surface area (Å²) in [5.41, 5.74) is 0. The van der Waals surface area contributed by atoms with E-state index >= 15 is 0 Å². The van der Waals surface area contributed by atoms with Crippen molar-refractivity contribution in [1.29, 1.82) is 0 Å². The Labute approximate surface area is 368 Å². The van der Waals surface area contributed by atoms with E-state index in [1.54, 1.807) is 0 Å². The molecule has 0 spiro atoms. The van der Waals surface area contributed by atoms with Crippen LogP contribution in [0.5, 0.6) is 0 Å². The van der Waals surface area contributed by atoms with Crippen molar-refractivity contribution in [2.75, 3.05) is 19.8 Å². The summed E-state index contributed by atoms with van der Waals surface area (Å²) in [4.78, 5) is 25.4. The van der Waals surface area contributed by atoms with Gasteiger partial charge < -0.3 is 39.4 Å². The number of hydrogen-bond acceptors (Lipinski definition) is 10. The second kappa shape index (κ2) is 40.7. The van der Waals surface area contributed by atoms with E-state index in [1.807, 2.05) is 6.08 Å². The van der Waals surface area contributed by atoms with E-state index in [-0.39, 0.29) is 26.1 Å². The topological polar surface area (TPSA) is 152 Å². The van der Waals surface area contributed by atoms with Gasteiger partial charge in [0.05, 0.1) is 13.2 Å². The average molecular weight is 855 g/mol. The van der Waals surface area contributed by atoms with Gasteiger partial charge in [-0.3, -0.25) is 9.59 Å². The largest absolute Gasteiger partial charge is 0.462 e. The fraction of sp³-hybridized carbons (Fsp3) is 0.647. The zero-order chi connectivity index (χ0) is 44.4. The van der Waals surface area contributed by atoms with Crippen molar-refractivity contribution in [2.45, 2.75) is 192 Å². The van der Waals surface area contributed by atoms with E-state index in [2.05, 4.69) is 105 Å². The van der Waals surface area contributed by atoms with Crippen LogP contribution in [0.25, 0.3) is 0 Å². The first-order valence-corrected chi connectivity index (χ1v) is 23.3. The molecule has 0 radical (unpaired) electrons. The van der Waals surface area contributed by atoms with Crippen LogP contribution in [-0.2, 0) is 28.5 Å². The number of unbranched alkanes of at least 4 members (excludes halogenated alkanes) is 10. The number of carbonyl (C=O) groups excluding carboxylic acids is 2. The van der Waals surface area contributed by atoms with Gasteiger partial charge in [-0.2, -0.15) is 0 Å². The molecule has 1 heterocycles. The first-order valence-electron chi connectivity index (χ1n) is 23.3. The van der Waals surface area contributed by atoms with Crippen LogP contribution in [0.1, 0.15) is 155 Å². The van der Waals surface area contributed by atoms with Gasteiger partial charge in [-0.1, -0.05) is 150 Å². The molecule has 1 fully saturated rings. The number of allylic oxidation sites excluding steroid dienone is 16. The van der Waals surface area contributed by atoms with Crippen molar-refractivity contribution in [3.8, 4) is 0 Å². The Morgan fingerprint density at radius 1 is 0.525 bits per heavy atom. The minimum absolute atomic E-state index is 0.143. The third-order valence-electron chi connectivity index (χ3n) is 9.95. The maximum atomic E-state index is 12.8. The minimum Gasteiger partial charge on any atom is -0.462 e. The Balaban J connectivity index is 2.37. The van der Waals surface area contributed by atoms with Gasteiger partial charge in [0.15, 0.2) is 12.4 Å². The van der Waals surface area contributed by atoms with E-state index < -0.39 is 55.4 Å². The van der Waals surface area contributed by atoms with E-state index in [9.17, 15) is 30.0 Å². The molecule has 6 unspecified atom stereocenters. The third kappa shape index (κ3) is 32.0. The lowest BCUT2D eigenvalue weighted by Gasteiger charge is -2.39. The van der Waals surface area contributed by atoms with Gasteiger partial charge in [0, 0.05) is 12.8 Å². The van der Waals surface area contributed by atoms with Gasteiger partial charge in [0.25, 0.3) is 0 Å². The first kappa shape index (κ1) is 55.6. The summed E-state index contributed by atoms with van der Waals surface area (Å²) in [7, 11) is 0. The monoisotopic (exact) mass is 855 g/mol. The van der Waals surface area contributed by atoms with Gasteiger partial charge in [-0.05, 0) is 89.9 Å². The summed E-state index contributed by atoms with van der Waals surface area (Å²) >= 11 is 0. The first-order chi connectivity index (χ1) is 29.8. The number of aliphatic hydroxyl groups is 4. The smallest absolute Gasteiger partial charge is 0.306 e. The van der Waals surface area contributed by atoms with E-state index in [0.717, 1.165) is 83.5 Å². The van der Waals surface area contributed by atoms with Crippen LogP contribution in [0.4, 0.5) is 0 Å². The summed E-state index contributed by atoms with van der Waals surface area (Å²) in [6.07, 6.45) is 47.0. The van der Waals surface area contributed by atoms with E-state index in [1.165, 1.54) is 25.7 Å². The fourth-order valence-electron chi connectivity index (χ4n) is 6.29. The molecular weight excluding hydrogens is 773 g/mol. The summed E-state index contributed by atoms with van der Waals surface area (Å²) in [5.74, 6) is -0.899. The Morgan fingerprint density at radius 3 is 1.51 bits per heavy atom. The van der Waals surface area contributed by atoms with Gasteiger partial charge in [-0.25, -0.2) is 0 Å². The second-order valence-electron chi connectivity index (χ2n) is 15.5. The van der Waals surface area contributed by atoms with Crippen molar-refractivity contribution in [3.05, 3.63) is 97.2 Å². The Bertz CT molecular complexity index is 1310. The van der Waals surface area contributed by atoms with Crippen LogP contribution in [0.15, 0.2) is 97.2 Å². The zero-order valence-electron chi connectivity index (χ0n) is 37.6. The van der Waals surface area contributed by atoms with E-state index in [4.69, 9.17) is 18.9 Å². The maximum Gasteiger partial charge on any atom is 0.306 e. The van der Waals surface area contributed by atoms with Crippen molar-refractivity contribution < 1.29 is 49.0 Å². The van der Waals surface area contributed by atoms with Gasteiger partial charge in [0.2, 0.25) is 0 Å². The maximum absolute atomic E-state index is 12.8. The molecule has 1 aliphatic rings. The van der Waals surface area contributed by atoms with Gasteiger partial charge >= 0.3 is 11.9 Å². The van der Waals surface area contributed by atoms with Crippen LogP contribution in [0.2, 0.25) is 0 Å². The molecule has 10 nitrogen and oxygen atoms in total. The van der Waals surface area contributed by atoms with Crippen molar-refractivity contribution in [2.24, 2.45) is 0 Å². The molecule has 61 heavy (non-hydrogen) atoms. The Morgan fingerprint density at radius 2 is 0.984 bits per heavy atom. The molecule has 0 saturated carbocycles. The summed E-state index contributed by atoms with van der Waals surface area (Å²) in [6.45, 7) is 3.19. The number of aliphatic hydroxyl groups excluding tert-OH is 4. The molecule has 0 aromatic carbocycles. The van der Waals surface area contributed by atoms with Crippen LogP contribution < -0.4 is 0 Å². The second-order valence-corrected chi connectivity index (χ2v) is 15.5. The lowest BCUT2D eigenvalue weighted by atomic mass is 9.99. The molecule has 0 bridgehead atoms. The van der Waals surface area contributed by atoms with Crippen LogP contribution in [0, 0.1) is 0 Å². The molecule has 0 aromatic heterocycles. The third-order valence-corrected chi connectivity index (χ3v) is 9.95. The summed E-state index contributed by atoms with van der Waals surface area (Å²) < 4.78 is 22.1. The molecule has 4 N–H and O–H groups in total. The van der Waals surface area contributed by atoms with Gasteiger partial charge in [0.1, 0.15) is 31.0 Å². The molecule has 0 amide bonds. The molecular formula is C51H82O10. The van der Waals surface area contributed by atoms with Crippen LogP contribution >= 0.6 is 0 Å². The highest BCUT2D eigenvalue weighted by molar-refractivity contribution is 5.70. The average Bonchev–Trinajstić information content (AvgIpc) is 3.26. The van der Waals surface area contributed by atoms with Crippen LogP contribution in [-0.4, -0.2) is 89.0 Å². The molecule has 6 atom stereocenters. The highest BCUT2D eigenvalue weighted by atomic mass is 16.7. The molecule has 1 saturated heterocycles. The zero-order valence-corrected chi connectivity index (χ0v) is 37.6. The number of ether oxygens (including phenoxy) is 4.